The van der Waals surface area contributed by atoms with Gasteiger partial charge in [0.15, 0.2) is 0 Å². The van der Waals surface area contributed by atoms with Crippen molar-refractivity contribution >= 4 is 12.0 Å². The van der Waals surface area contributed by atoms with Crippen LogP contribution in [-0.2, 0) is 4.79 Å². The molecule has 0 aliphatic rings. The smallest absolute Gasteiger partial charge is 0.326 e. The van der Waals surface area contributed by atoms with Crippen LogP contribution < -0.4 is 10.6 Å². The highest BCUT2D eigenvalue weighted by Crippen LogP contribution is 2.06. The molecule has 0 rings (SSSR count). The zero-order valence-corrected chi connectivity index (χ0v) is 13.3. The van der Waals surface area contributed by atoms with Gasteiger partial charge in [-0.3, -0.25) is 0 Å². The van der Waals surface area contributed by atoms with E-state index < -0.39 is 18.0 Å². The number of aliphatic carboxylic acids is 1. The number of likely N-dealkylation sites (N-methyl/N-ethyl adjacent to an activating group) is 1. The standard InChI is InChI=1S/C14H29N3O3/c1-6-7-12(13(18)19)16-14(20)15-11(8-10(2)3)9-17(4)5/h10-12H,6-9H2,1-5H3,(H,18,19)(H2,15,16,20)/t11?,12-/m1/s1. The van der Waals surface area contributed by atoms with Gasteiger partial charge in [0.25, 0.3) is 0 Å². The molecular formula is C14H29N3O3. The zero-order valence-electron chi connectivity index (χ0n) is 13.3. The third-order valence-electron chi connectivity index (χ3n) is 2.86. The van der Waals surface area contributed by atoms with Crippen molar-refractivity contribution in [3.05, 3.63) is 0 Å². The summed E-state index contributed by atoms with van der Waals surface area (Å²) in [6.45, 7) is 6.82. The van der Waals surface area contributed by atoms with Crippen molar-refractivity contribution in [2.75, 3.05) is 20.6 Å². The average molecular weight is 287 g/mol. The Kier molecular flexibility index (Phi) is 8.96. The largest absolute Gasteiger partial charge is 0.480 e. The van der Waals surface area contributed by atoms with E-state index in [1.807, 2.05) is 25.9 Å². The van der Waals surface area contributed by atoms with Gasteiger partial charge < -0.3 is 20.6 Å². The molecule has 0 aromatic heterocycles. The number of hydrogen-bond donors (Lipinski definition) is 3. The summed E-state index contributed by atoms with van der Waals surface area (Å²) < 4.78 is 0. The SMILES string of the molecule is CCC[C@@H](NC(=O)NC(CC(C)C)CN(C)C)C(=O)O. The van der Waals surface area contributed by atoms with Crippen LogP contribution in [0.5, 0.6) is 0 Å². The molecule has 0 bridgehead atoms. The van der Waals surface area contributed by atoms with Crippen LogP contribution in [0.4, 0.5) is 4.79 Å². The lowest BCUT2D eigenvalue weighted by Gasteiger charge is -2.25. The summed E-state index contributed by atoms with van der Waals surface area (Å²) in [7, 11) is 3.90. The van der Waals surface area contributed by atoms with Gasteiger partial charge in [-0.15, -0.1) is 0 Å². The monoisotopic (exact) mass is 287 g/mol. The highest BCUT2D eigenvalue weighted by molar-refractivity contribution is 5.82. The number of carboxylic acid groups (broad SMARTS) is 1. The molecule has 0 aromatic rings. The molecule has 2 amide bonds. The van der Waals surface area contributed by atoms with Gasteiger partial charge in [0.2, 0.25) is 0 Å². The Hall–Kier alpha value is -1.30. The Morgan fingerprint density at radius 3 is 2.20 bits per heavy atom. The molecule has 1 unspecified atom stereocenters. The van der Waals surface area contributed by atoms with Crippen molar-refractivity contribution in [1.29, 1.82) is 0 Å². The van der Waals surface area contributed by atoms with E-state index in [1.54, 1.807) is 0 Å². The molecule has 0 heterocycles. The Morgan fingerprint density at radius 1 is 1.20 bits per heavy atom. The van der Waals surface area contributed by atoms with Crippen molar-refractivity contribution in [2.45, 2.75) is 52.1 Å². The molecule has 0 fully saturated rings. The summed E-state index contributed by atoms with van der Waals surface area (Å²) >= 11 is 0. The molecule has 0 aliphatic carbocycles. The topological polar surface area (TPSA) is 81.7 Å². The van der Waals surface area contributed by atoms with Crippen molar-refractivity contribution in [1.82, 2.24) is 15.5 Å². The maximum atomic E-state index is 11.9. The van der Waals surface area contributed by atoms with E-state index in [4.69, 9.17) is 5.11 Å². The van der Waals surface area contributed by atoms with Crippen LogP contribution in [0.25, 0.3) is 0 Å². The molecule has 0 saturated carbocycles. The third-order valence-corrected chi connectivity index (χ3v) is 2.86. The fraction of sp³-hybridized carbons (Fsp3) is 0.857. The number of nitrogens with zero attached hydrogens (tertiary/aromatic N) is 1. The Morgan fingerprint density at radius 2 is 1.80 bits per heavy atom. The summed E-state index contributed by atoms with van der Waals surface area (Å²) in [6, 6.07) is -1.21. The second-order valence-corrected chi connectivity index (χ2v) is 5.89. The summed E-state index contributed by atoms with van der Waals surface area (Å²) in [6.07, 6.45) is 2.01. The van der Waals surface area contributed by atoms with E-state index in [9.17, 15) is 9.59 Å². The number of amides is 2. The van der Waals surface area contributed by atoms with E-state index in [0.29, 0.717) is 18.8 Å². The van der Waals surface area contributed by atoms with Gasteiger partial charge in [0.1, 0.15) is 6.04 Å². The first-order valence-electron chi connectivity index (χ1n) is 7.20. The molecule has 118 valence electrons. The van der Waals surface area contributed by atoms with Crippen LogP contribution in [0.1, 0.15) is 40.0 Å². The normalized spacial score (nSPS) is 14.2. The molecule has 0 radical (unpaired) electrons. The van der Waals surface area contributed by atoms with Crippen LogP contribution in [0.15, 0.2) is 0 Å². The minimum absolute atomic E-state index is 0.0149. The van der Waals surface area contributed by atoms with Crippen LogP contribution in [0.3, 0.4) is 0 Å². The second kappa shape index (κ2) is 9.58. The number of nitrogens with one attached hydrogen (secondary N) is 2. The Balaban J connectivity index is 4.45. The number of hydrogen-bond acceptors (Lipinski definition) is 3. The van der Waals surface area contributed by atoms with Crippen molar-refractivity contribution < 1.29 is 14.7 Å². The summed E-state index contributed by atoms with van der Waals surface area (Å²) in [4.78, 5) is 24.9. The molecule has 0 aliphatic heterocycles. The van der Waals surface area contributed by atoms with Crippen molar-refractivity contribution in [3.8, 4) is 0 Å². The molecule has 6 nitrogen and oxygen atoms in total. The lowest BCUT2D eigenvalue weighted by Crippen LogP contribution is -2.51. The van der Waals surface area contributed by atoms with Crippen molar-refractivity contribution in [2.24, 2.45) is 5.92 Å². The van der Waals surface area contributed by atoms with E-state index in [-0.39, 0.29) is 6.04 Å². The van der Waals surface area contributed by atoms with Gasteiger partial charge in [-0.05, 0) is 32.9 Å². The fourth-order valence-electron chi connectivity index (χ4n) is 2.12. The molecule has 6 heteroatoms. The molecule has 2 atom stereocenters. The number of carbonyl (C=O) groups excluding carboxylic acids is 1. The number of carboxylic acids is 1. The lowest BCUT2D eigenvalue weighted by atomic mass is 10.0. The van der Waals surface area contributed by atoms with Gasteiger partial charge in [0.05, 0.1) is 0 Å². The molecular weight excluding hydrogens is 258 g/mol. The predicted octanol–water partition coefficient (Wildman–Crippen LogP) is 1.52. The van der Waals surface area contributed by atoms with Gasteiger partial charge in [-0.25, -0.2) is 9.59 Å². The van der Waals surface area contributed by atoms with Gasteiger partial charge in [-0.2, -0.15) is 0 Å². The maximum Gasteiger partial charge on any atom is 0.326 e. The van der Waals surface area contributed by atoms with Crippen molar-refractivity contribution in [3.63, 3.8) is 0 Å². The van der Waals surface area contributed by atoms with Crippen LogP contribution in [0, 0.1) is 5.92 Å². The molecule has 0 aromatic carbocycles. The first-order chi connectivity index (χ1) is 9.26. The minimum Gasteiger partial charge on any atom is -0.480 e. The molecule has 0 spiro atoms. The van der Waals surface area contributed by atoms with Gasteiger partial charge >= 0.3 is 12.0 Å². The van der Waals surface area contributed by atoms with Crippen LogP contribution in [-0.4, -0.2) is 54.7 Å². The first-order valence-corrected chi connectivity index (χ1v) is 7.20. The van der Waals surface area contributed by atoms with Crippen LogP contribution >= 0.6 is 0 Å². The maximum absolute atomic E-state index is 11.9. The van der Waals surface area contributed by atoms with E-state index in [1.165, 1.54) is 0 Å². The van der Waals surface area contributed by atoms with E-state index in [0.717, 1.165) is 13.0 Å². The summed E-state index contributed by atoms with van der Waals surface area (Å²) in [5, 5.41) is 14.4. The Bertz CT molecular complexity index is 296. The third kappa shape index (κ3) is 8.74. The first kappa shape index (κ1) is 18.7. The van der Waals surface area contributed by atoms with Gasteiger partial charge in [0, 0.05) is 12.6 Å². The average Bonchev–Trinajstić information content (AvgIpc) is 2.25. The fourth-order valence-corrected chi connectivity index (χ4v) is 2.12. The minimum atomic E-state index is -0.991. The highest BCUT2D eigenvalue weighted by atomic mass is 16.4. The quantitative estimate of drug-likeness (QED) is 0.600. The zero-order chi connectivity index (χ0) is 15.7. The molecule has 3 N–H and O–H groups in total. The molecule has 20 heavy (non-hydrogen) atoms. The number of carbonyl (C=O) groups is 2. The second-order valence-electron chi connectivity index (χ2n) is 5.89. The lowest BCUT2D eigenvalue weighted by molar-refractivity contribution is -0.139. The number of rotatable bonds is 9. The highest BCUT2D eigenvalue weighted by Gasteiger charge is 2.21. The summed E-state index contributed by atoms with van der Waals surface area (Å²) in [5.41, 5.74) is 0. The summed E-state index contributed by atoms with van der Waals surface area (Å²) in [5.74, 6) is -0.527. The predicted molar refractivity (Wildman–Crippen MR) is 79.8 cm³/mol. The van der Waals surface area contributed by atoms with Crippen LogP contribution in [0.2, 0.25) is 0 Å². The molecule has 0 saturated heterocycles. The number of urea groups is 1. The van der Waals surface area contributed by atoms with E-state index >= 15 is 0 Å². The Labute approximate surface area is 121 Å². The van der Waals surface area contributed by atoms with Gasteiger partial charge in [-0.1, -0.05) is 27.2 Å². The van der Waals surface area contributed by atoms with E-state index in [2.05, 4.69) is 24.5 Å².